The van der Waals surface area contributed by atoms with Crippen LogP contribution in [-0.2, 0) is 11.3 Å². The van der Waals surface area contributed by atoms with Crippen LogP contribution in [0.25, 0.3) is 10.8 Å². The fraction of sp³-hybridized carbons (Fsp3) is 0.250. The van der Waals surface area contributed by atoms with Crippen molar-refractivity contribution in [2.24, 2.45) is 0 Å². The molecule has 0 aliphatic carbocycles. The van der Waals surface area contributed by atoms with E-state index in [1.807, 2.05) is 17.5 Å². The number of fused-ring (bicyclic) bond motifs is 1. The number of furan rings is 1. The smallest absolute Gasteiger partial charge is 0.277 e. The first-order valence-electron chi connectivity index (χ1n) is 8.22. The van der Waals surface area contributed by atoms with E-state index < -0.39 is 5.56 Å². The highest BCUT2D eigenvalue weighted by molar-refractivity contribution is 7.99. The van der Waals surface area contributed by atoms with Gasteiger partial charge in [-0.15, -0.1) is 16.4 Å². The number of rotatable bonds is 6. The highest BCUT2D eigenvalue weighted by Gasteiger charge is 2.19. The van der Waals surface area contributed by atoms with Crippen molar-refractivity contribution >= 4 is 45.7 Å². The van der Waals surface area contributed by atoms with E-state index in [1.54, 1.807) is 29.9 Å². The van der Waals surface area contributed by atoms with Crippen LogP contribution in [0, 0.1) is 13.8 Å². The second kappa shape index (κ2) is 7.56. The van der Waals surface area contributed by atoms with Crippen molar-refractivity contribution in [3.63, 3.8) is 0 Å². The zero-order chi connectivity index (χ0) is 19.7. The normalized spacial score (nSPS) is 11.2. The minimum Gasteiger partial charge on any atom is -0.444 e. The summed E-state index contributed by atoms with van der Waals surface area (Å²) >= 11 is 2.81. The van der Waals surface area contributed by atoms with Gasteiger partial charge in [-0.25, -0.2) is 9.78 Å². The molecule has 144 valence electrons. The lowest BCUT2D eigenvalue weighted by Crippen LogP contribution is -2.17. The topological polar surface area (TPSA) is 132 Å². The van der Waals surface area contributed by atoms with Crippen molar-refractivity contribution in [2.45, 2.75) is 25.5 Å². The summed E-state index contributed by atoms with van der Waals surface area (Å²) in [7, 11) is 0. The van der Waals surface area contributed by atoms with Crippen LogP contribution in [0.15, 0.2) is 31.9 Å². The Morgan fingerprint density at radius 1 is 1.39 bits per heavy atom. The molecule has 4 aromatic rings. The summed E-state index contributed by atoms with van der Waals surface area (Å²) in [6.07, 6.45) is 0. The number of nitrogens with one attached hydrogen (secondary N) is 2. The van der Waals surface area contributed by atoms with E-state index in [1.165, 1.54) is 11.8 Å². The Kier molecular flexibility index (Phi) is 4.96. The number of H-pyrrole nitrogens is 1. The van der Waals surface area contributed by atoms with Crippen molar-refractivity contribution in [3.8, 4) is 0 Å². The minimum absolute atomic E-state index is 0.0635. The number of carbonyl (C=O) groups is 1. The number of aryl methyl sites for hydroxylation is 2. The maximum Gasteiger partial charge on any atom is 0.277 e. The third kappa shape index (κ3) is 3.55. The number of carbonyl (C=O) groups excluding carboxylic acids is 1. The van der Waals surface area contributed by atoms with Gasteiger partial charge < -0.3 is 4.42 Å². The molecule has 0 fully saturated rings. The molecule has 2 N–H and O–H groups in total. The predicted molar refractivity (Wildman–Crippen MR) is 105 cm³/mol. The zero-order valence-corrected chi connectivity index (χ0v) is 16.6. The molecule has 0 radical (unpaired) electrons. The lowest BCUT2D eigenvalue weighted by molar-refractivity contribution is -0.113. The number of nitrogens with zero attached hydrogens (tertiary/aromatic N) is 5. The van der Waals surface area contributed by atoms with Gasteiger partial charge in [0.2, 0.25) is 16.9 Å². The Morgan fingerprint density at radius 3 is 3.04 bits per heavy atom. The van der Waals surface area contributed by atoms with E-state index in [-0.39, 0.29) is 22.9 Å². The van der Waals surface area contributed by atoms with Gasteiger partial charge in [0, 0.05) is 4.88 Å². The molecule has 0 unspecified atom stereocenters. The maximum absolute atomic E-state index is 12.4. The molecule has 4 rings (SSSR count). The number of hydrogen-bond acceptors (Lipinski definition) is 9. The lowest BCUT2D eigenvalue weighted by atomic mass is 10.2. The fourth-order valence-corrected chi connectivity index (χ4v) is 4.14. The molecule has 0 saturated carbocycles. The summed E-state index contributed by atoms with van der Waals surface area (Å²) in [4.78, 5) is 25.6. The van der Waals surface area contributed by atoms with Crippen molar-refractivity contribution in [2.75, 3.05) is 11.1 Å². The van der Waals surface area contributed by atoms with E-state index in [0.717, 1.165) is 4.88 Å². The molecule has 0 atom stereocenters. The van der Waals surface area contributed by atoms with Crippen LogP contribution in [0.3, 0.4) is 0 Å². The van der Waals surface area contributed by atoms with Crippen LogP contribution in [0.2, 0.25) is 0 Å². The molecule has 0 bridgehead atoms. The molecule has 28 heavy (non-hydrogen) atoms. The van der Waals surface area contributed by atoms with E-state index in [4.69, 9.17) is 4.42 Å². The fourth-order valence-electron chi connectivity index (χ4n) is 2.77. The number of thiophene rings is 1. The summed E-state index contributed by atoms with van der Waals surface area (Å²) < 4.78 is 7.22. The molecule has 0 aliphatic heterocycles. The summed E-state index contributed by atoms with van der Waals surface area (Å²) in [5.41, 5.74) is 0.207. The highest BCUT2D eigenvalue weighted by atomic mass is 32.2. The number of amides is 1. The Balaban J connectivity index is 1.47. The molecule has 12 heteroatoms. The van der Waals surface area contributed by atoms with Crippen LogP contribution in [0.1, 0.15) is 16.3 Å². The SMILES string of the molecule is Cc1n[nH]c(=O)c2c(NC(=O)CSc3nnnn3Cc3cccs3)oc(C)c12. The summed E-state index contributed by atoms with van der Waals surface area (Å²) in [6.45, 7) is 4.02. The molecule has 0 spiro atoms. The largest absolute Gasteiger partial charge is 0.444 e. The first-order valence-corrected chi connectivity index (χ1v) is 10.1. The quantitative estimate of drug-likeness (QED) is 0.455. The zero-order valence-electron chi connectivity index (χ0n) is 14.9. The van der Waals surface area contributed by atoms with Gasteiger partial charge in [-0.1, -0.05) is 17.8 Å². The molecule has 4 aromatic heterocycles. The Bertz CT molecular complexity index is 1190. The molecule has 0 aliphatic rings. The first kappa shape index (κ1) is 18.4. The molecule has 0 aromatic carbocycles. The number of hydrogen-bond donors (Lipinski definition) is 2. The van der Waals surface area contributed by atoms with Crippen LogP contribution in [0.5, 0.6) is 0 Å². The van der Waals surface area contributed by atoms with Crippen LogP contribution in [0.4, 0.5) is 5.88 Å². The Morgan fingerprint density at radius 2 is 2.25 bits per heavy atom. The van der Waals surface area contributed by atoms with Gasteiger partial charge in [0.15, 0.2) is 0 Å². The number of anilines is 1. The van der Waals surface area contributed by atoms with Gasteiger partial charge in [0.25, 0.3) is 5.56 Å². The van der Waals surface area contributed by atoms with Crippen LogP contribution >= 0.6 is 23.1 Å². The first-order chi connectivity index (χ1) is 13.5. The maximum atomic E-state index is 12.4. The van der Waals surface area contributed by atoms with Crippen LogP contribution in [-0.4, -0.2) is 42.1 Å². The minimum atomic E-state index is -0.416. The average Bonchev–Trinajstić information content (AvgIpc) is 3.39. The van der Waals surface area contributed by atoms with E-state index in [2.05, 4.69) is 31.0 Å². The van der Waals surface area contributed by atoms with E-state index in [0.29, 0.717) is 28.5 Å². The number of aromatic amines is 1. The van der Waals surface area contributed by atoms with Crippen molar-refractivity contribution in [1.29, 1.82) is 0 Å². The predicted octanol–water partition coefficient (Wildman–Crippen LogP) is 1.96. The number of aromatic nitrogens is 6. The Hall–Kier alpha value is -2.99. The average molecular weight is 417 g/mol. The second-order valence-electron chi connectivity index (χ2n) is 5.91. The standard InChI is InChI=1S/C16H15N7O3S2/c1-8-12-9(2)26-15(13(12)14(25)19-18-8)17-11(24)7-28-16-20-21-22-23(16)6-10-4-3-5-27-10/h3-5H,6-7H2,1-2H3,(H,17,24)(H,19,25). The van der Waals surface area contributed by atoms with Gasteiger partial charge >= 0.3 is 0 Å². The molecule has 0 saturated heterocycles. The van der Waals surface area contributed by atoms with Crippen molar-refractivity contribution < 1.29 is 9.21 Å². The number of tetrazole rings is 1. The van der Waals surface area contributed by atoms with Crippen molar-refractivity contribution in [1.82, 2.24) is 30.4 Å². The molecular formula is C16H15N7O3S2. The molecular weight excluding hydrogens is 402 g/mol. The van der Waals surface area contributed by atoms with Gasteiger partial charge in [-0.2, -0.15) is 5.10 Å². The third-order valence-electron chi connectivity index (χ3n) is 3.97. The monoisotopic (exact) mass is 417 g/mol. The van der Waals surface area contributed by atoms with Crippen LogP contribution < -0.4 is 10.9 Å². The second-order valence-corrected chi connectivity index (χ2v) is 7.89. The molecule has 1 amide bonds. The Labute approximate surface area is 166 Å². The highest BCUT2D eigenvalue weighted by Crippen LogP contribution is 2.28. The van der Waals surface area contributed by atoms with E-state index >= 15 is 0 Å². The van der Waals surface area contributed by atoms with Gasteiger partial charge in [-0.05, 0) is 35.7 Å². The number of thioether (sulfide) groups is 1. The van der Waals surface area contributed by atoms with Crippen molar-refractivity contribution in [3.05, 3.63) is 44.2 Å². The molecule has 10 nitrogen and oxygen atoms in total. The lowest BCUT2D eigenvalue weighted by Gasteiger charge is -2.04. The summed E-state index contributed by atoms with van der Waals surface area (Å²) in [5.74, 6) is 0.366. The summed E-state index contributed by atoms with van der Waals surface area (Å²) in [5, 5.41) is 24.0. The van der Waals surface area contributed by atoms with Gasteiger partial charge in [0.05, 0.1) is 23.4 Å². The van der Waals surface area contributed by atoms with Gasteiger partial charge in [0.1, 0.15) is 11.1 Å². The van der Waals surface area contributed by atoms with E-state index in [9.17, 15) is 9.59 Å². The van der Waals surface area contributed by atoms with Gasteiger partial charge in [-0.3, -0.25) is 14.9 Å². The molecule has 4 heterocycles. The third-order valence-corrected chi connectivity index (χ3v) is 5.79. The summed E-state index contributed by atoms with van der Waals surface area (Å²) in [6, 6.07) is 3.95.